The second kappa shape index (κ2) is 11.7. The van der Waals surface area contributed by atoms with Crippen molar-refractivity contribution in [2.75, 3.05) is 34.0 Å². The average molecular weight is 521 g/mol. The van der Waals surface area contributed by atoms with Crippen molar-refractivity contribution in [2.45, 2.75) is 42.7 Å². The topological polar surface area (TPSA) is 168 Å². The lowest BCUT2D eigenvalue weighted by atomic mass is 9.90. The zero-order chi connectivity index (χ0) is 26.7. The lowest BCUT2D eigenvalue weighted by Crippen LogP contribution is -2.60. The number of ether oxygens (including phenoxy) is 5. The molecule has 7 unspecified atom stereocenters. The third-order valence-electron chi connectivity index (χ3n) is 6.56. The van der Waals surface area contributed by atoms with Crippen molar-refractivity contribution in [3.8, 4) is 23.0 Å². The van der Waals surface area contributed by atoms with Gasteiger partial charge < -0.3 is 54.3 Å². The normalized spacial score (nSPS) is 29.1. The van der Waals surface area contributed by atoms with E-state index in [0.29, 0.717) is 17.1 Å². The predicted octanol–water partition coefficient (Wildman–Crippen LogP) is 0.0976. The summed E-state index contributed by atoms with van der Waals surface area (Å²) in [5, 5.41) is 59.1. The third-order valence-corrected chi connectivity index (χ3v) is 6.56. The number of hydrogen-bond acceptors (Lipinski definition) is 11. The van der Waals surface area contributed by atoms with Crippen molar-refractivity contribution >= 4 is 6.08 Å². The highest BCUT2D eigenvalue weighted by atomic mass is 16.7. The van der Waals surface area contributed by atoms with Crippen LogP contribution in [0.1, 0.15) is 28.7 Å². The molecule has 37 heavy (non-hydrogen) atoms. The molecular weight excluding hydrogens is 488 g/mol. The van der Waals surface area contributed by atoms with Crippen LogP contribution < -0.4 is 18.9 Å². The molecule has 202 valence electrons. The quantitative estimate of drug-likeness (QED) is 0.265. The second-order valence-electron chi connectivity index (χ2n) is 8.78. The van der Waals surface area contributed by atoms with Gasteiger partial charge >= 0.3 is 0 Å². The van der Waals surface area contributed by atoms with Crippen LogP contribution in [0.4, 0.5) is 0 Å². The van der Waals surface area contributed by atoms with Crippen molar-refractivity contribution in [3.05, 3.63) is 53.1 Å². The Hall–Kier alpha value is -2.90. The van der Waals surface area contributed by atoms with Crippen LogP contribution in [0.2, 0.25) is 0 Å². The highest BCUT2D eigenvalue weighted by Gasteiger charge is 2.45. The molecule has 1 saturated heterocycles. The summed E-state index contributed by atoms with van der Waals surface area (Å²) < 4.78 is 28.4. The summed E-state index contributed by atoms with van der Waals surface area (Å²) in [5.41, 5.74) is 2.21. The maximum absolute atomic E-state index is 10.3. The predicted molar refractivity (Wildman–Crippen MR) is 130 cm³/mol. The largest absolute Gasteiger partial charge is 0.493 e. The lowest BCUT2D eigenvalue weighted by molar-refractivity contribution is -0.277. The summed E-state index contributed by atoms with van der Waals surface area (Å²) in [6.07, 6.45) is -4.38. The summed E-state index contributed by atoms with van der Waals surface area (Å²) in [7, 11) is 2.95. The van der Waals surface area contributed by atoms with E-state index in [4.69, 9.17) is 28.8 Å². The van der Waals surface area contributed by atoms with Gasteiger partial charge in [-0.2, -0.15) is 0 Å². The number of methoxy groups -OCH3 is 2. The van der Waals surface area contributed by atoms with E-state index < -0.39 is 49.3 Å². The molecule has 0 amide bonds. The molecule has 0 spiro atoms. The van der Waals surface area contributed by atoms with Crippen LogP contribution in [0.15, 0.2) is 36.4 Å². The van der Waals surface area contributed by atoms with E-state index in [1.807, 2.05) is 6.07 Å². The fraction of sp³-hybridized carbons (Fsp3) is 0.462. The Bertz CT molecular complexity index is 1100. The first-order chi connectivity index (χ1) is 17.9. The van der Waals surface area contributed by atoms with Crippen LogP contribution in [-0.4, -0.2) is 95.4 Å². The monoisotopic (exact) mass is 520 g/mol. The minimum absolute atomic E-state index is 0.112. The molecule has 2 aromatic rings. The number of rotatable bonds is 9. The van der Waals surface area contributed by atoms with Crippen molar-refractivity contribution in [1.29, 1.82) is 0 Å². The smallest absolute Gasteiger partial charge is 0.229 e. The molecule has 4 rings (SSSR count). The fourth-order valence-electron chi connectivity index (χ4n) is 4.60. The first-order valence-electron chi connectivity index (χ1n) is 11.8. The van der Waals surface area contributed by atoms with E-state index in [1.54, 1.807) is 36.4 Å². The fourth-order valence-corrected chi connectivity index (χ4v) is 4.60. The van der Waals surface area contributed by atoms with Gasteiger partial charge in [0.1, 0.15) is 30.5 Å². The standard InChI is InChI=1S/C26H32O11/c1-33-18-10-14(5-6-17(18)35-26-23(32)22(31)21(30)20(12-29)36-26)24-16(11-28)15-8-13(4-3-7-27)9-19(34-2)25(15)37-24/h3-6,8-10,16,20-24,26-32H,7,11-12H2,1-2H3/b4-3-. The van der Waals surface area contributed by atoms with Gasteiger partial charge in [-0.25, -0.2) is 0 Å². The Balaban J connectivity index is 1.61. The van der Waals surface area contributed by atoms with E-state index in [0.717, 1.165) is 11.1 Å². The summed E-state index contributed by atoms with van der Waals surface area (Å²) in [4.78, 5) is 0. The van der Waals surface area contributed by atoms with Crippen LogP contribution in [0.25, 0.3) is 6.08 Å². The molecule has 0 saturated carbocycles. The van der Waals surface area contributed by atoms with Gasteiger partial charge in [0.25, 0.3) is 0 Å². The molecule has 11 heteroatoms. The number of aliphatic hydroxyl groups is 6. The molecule has 2 aromatic carbocycles. The highest BCUT2D eigenvalue weighted by molar-refractivity contribution is 5.62. The van der Waals surface area contributed by atoms with E-state index in [9.17, 15) is 25.5 Å². The van der Waals surface area contributed by atoms with E-state index in [1.165, 1.54) is 14.2 Å². The van der Waals surface area contributed by atoms with Gasteiger partial charge in [-0.05, 0) is 35.4 Å². The van der Waals surface area contributed by atoms with Gasteiger partial charge in [-0.3, -0.25) is 0 Å². The molecule has 2 heterocycles. The summed E-state index contributed by atoms with van der Waals surface area (Å²) in [5.74, 6) is 1.03. The summed E-state index contributed by atoms with van der Waals surface area (Å²) in [6.45, 7) is -0.900. The molecule has 2 aliphatic rings. The average Bonchev–Trinajstić information content (AvgIpc) is 3.30. The van der Waals surface area contributed by atoms with E-state index >= 15 is 0 Å². The Kier molecular flexibility index (Phi) is 8.55. The molecule has 11 nitrogen and oxygen atoms in total. The molecule has 6 N–H and O–H groups in total. The number of benzene rings is 2. The van der Waals surface area contributed by atoms with Crippen LogP contribution in [-0.2, 0) is 4.74 Å². The Morgan fingerprint density at radius 2 is 1.62 bits per heavy atom. The van der Waals surface area contributed by atoms with Gasteiger partial charge in [0.2, 0.25) is 6.29 Å². The van der Waals surface area contributed by atoms with Gasteiger partial charge in [-0.15, -0.1) is 0 Å². The molecule has 0 bridgehead atoms. The molecule has 0 aliphatic carbocycles. The third kappa shape index (κ3) is 5.25. The second-order valence-corrected chi connectivity index (χ2v) is 8.78. The van der Waals surface area contributed by atoms with Gasteiger partial charge in [-0.1, -0.05) is 18.2 Å². The molecular formula is C26H32O11. The van der Waals surface area contributed by atoms with Crippen LogP contribution >= 0.6 is 0 Å². The Labute approximate surface area is 213 Å². The maximum Gasteiger partial charge on any atom is 0.229 e. The highest BCUT2D eigenvalue weighted by Crippen LogP contribution is 2.51. The van der Waals surface area contributed by atoms with E-state index in [2.05, 4.69) is 0 Å². The number of aliphatic hydroxyl groups excluding tert-OH is 6. The lowest BCUT2D eigenvalue weighted by Gasteiger charge is -2.39. The Morgan fingerprint density at radius 1 is 0.865 bits per heavy atom. The molecule has 7 atom stereocenters. The van der Waals surface area contributed by atoms with Crippen molar-refractivity contribution in [1.82, 2.24) is 0 Å². The number of hydrogen-bond donors (Lipinski definition) is 6. The molecule has 2 aliphatic heterocycles. The molecule has 0 aromatic heterocycles. The zero-order valence-electron chi connectivity index (χ0n) is 20.4. The Morgan fingerprint density at radius 3 is 2.27 bits per heavy atom. The first kappa shape index (κ1) is 27.1. The van der Waals surface area contributed by atoms with Gasteiger partial charge in [0, 0.05) is 5.56 Å². The molecule has 1 fully saturated rings. The van der Waals surface area contributed by atoms with Crippen LogP contribution in [0.3, 0.4) is 0 Å². The van der Waals surface area contributed by atoms with Crippen LogP contribution in [0, 0.1) is 0 Å². The minimum Gasteiger partial charge on any atom is -0.493 e. The zero-order valence-corrected chi connectivity index (χ0v) is 20.4. The SMILES string of the molecule is COc1cc(C2Oc3c(OC)cc(/C=C\CO)cc3C2CO)ccc1OC1OC(CO)C(O)C(O)C1O. The summed E-state index contributed by atoms with van der Waals surface area (Å²) >= 11 is 0. The maximum atomic E-state index is 10.3. The van der Waals surface area contributed by atoms with Crippen LogP contribution in [0.5, 0.6) is 23.0 Å². The first-order valence-corrected chi connectivity index (χ1v) is 11.8. The van der Waals surface area contributed by atoms with Gasteiger partial charge in [0.15, 0.2) is 23.0 Å². The minimum atomic E-state index is -1.58. The summed E-state index contributed by atoms with van der Waals surface area (Å²) in [6, 6.07) is 8.60. The van der Waals surface area contributed by atoms with Crippen molar-refractivity contribution in [3.63, 3.8) is 0 Å². The van der Waals surface area contributed by atoms with Crippen molar-refractivity contribution < 1.29 is 54.3 Å². The van der Waals surface area contributed by atoms with Gasteiger partial charge in [0.05, 0.1) is 40.0 Å². The number of fused-ring (bicyclic) bond motifs is 1. The van der Waals surface area contributed by atoms with Crippen molar-refractivity contribution in [2.24, 2.45) is 0 Å². The molecule has 0 radical (unpaired) electrons. The van der Waals surface area contributed by atoms with E-state index in [-0.39, 0.29) is 24.7 Å².